The highest BCUT2D eigenvalue weighted by Gasteiger charge is 2.19. The molecule has 28 heavy (non-hydrogen) atoms. The molecule has 2 aromatic carbocycles. The minimum absolute atomic E-state index is 0.00668. The molecule has 1 atom stereocenters. The molecule has 1 N–H and O–H groups in total. The van der Waals surface area contributed by atoms with Crippen LogP contribution in [-0.4, -0.2) is 38.3 Å². The van der Waals surface area contributed by atoms with Gasteiger partial charge in [0.25, 0.3) is 5.91 Å². The van der Waals surface area contributed by atoms with Crippen molar-refractivity contribution in [3.63, 3.8) is 0 Å². The van der Waals surface area contributed by atoms with Gasteiger partial charge in [0.05, 0.1) is 32.4 Å². The van der Waals surface area contributed by atoms with E-state index < -0.39 is 18.0 Å². The van der Waals surface area contributed by atoms with Gasteiger partial charge in [-0.2, -0.15) is 0 Å². The van der Waals surface area contributed by atoms with Crippen molar-refractivity contribution in [2.24, 2.45) is 0 Å². The first kappa shape index (κ1) is 21.1. The maximum absolute atomic E-state index is 12.2. The molecule has 0 radical (unpaired) electrons. The van der Waals surface area contributed by atoms with E-state index in [0.29, 0.717) is 29.5 Å². The van der Waals surface area contributed by atoms with E-state index in [1.165, 1.54) is 14.0 Å². The molecule has 0 saturated heterocycles. The highest BCUT2D eigenvalue weighted by Crippen LogP contribution is 2.26. The van der Waals surface area contributed by atoms with Gasteiger partial charge in [0.1, 0.15) is 5.75 Å². The number of anilines is 1. The number of benzene rings is 2. The Bertz CT molecular complexity index is 792. The zero-order valence-electron chi connectivity index (χ0n) is 16.3. The van der Waals surface area contributed by atoms with E-state index in [-0.39, 0.29) is 13.0 Å². The summed E-state index contributed by atoms with van der Waals surface area (Å²) < 4.78 is 21.4. The second kappa shape index (κ2) is 10.8. The van der Waals surface area contributed by atoms with Gasteiger partial charge < -0.3 is 24.3 Å². The third kappa shape index (κ3) is 6.19. The number of amides is 1. The van der Waals surface area contributed by atoms with E-state index in [4.69, 9.17) is 18.9 Å². The molecule has 2 rings (SSSR count). The van der Waals surface area contributed by atoms with Gasteiger partial charge in [-0.15, -0.1) is 0 Å². The van der Waals surface area contributed by atoms with Crippen molar-refractivity contribution in [3.05, 3.63) is 48.5 Å². The Morgan fingerprint density at radius 3 is 2.21 bits per heavy atom. The molecule has 0 fully saturated rings. The van der Waals surface area contributed by atoms with E-state index in [2.05, 4.69) is 5.32 Å². The quantitative estimate of drug-likeness (QED) is 0.629. The number of rotatable bonds is 10. The number of para-hydroxylation sites is 4. The van der Waals surface area contributed by atoms with Crippen LogP contribution in [0.5, 0.6) is 17.2 Å². The molecule has 0 saturated carbocycles. The monoisotopic (exact) mass is 387 g/mol. The predicted octanol–water partition coefficient (Wildman–Crippen LogP) is 3.43. The van der Waals surface area contributed by atoms with Crippen LogP contribution < -0.4 is 19.5 Å². The van der Waals surface area contributed by atoms with Gasteiger partial charge in [0.2, 0.25) is 0 Å². The van der Waals surface area contributed by atoms with Crippen LogP contribution in [0, 0.1) is 0 Å². The number of carbonyl (C=O) groups excluding carboxylic acids is 2. The first-order chi connectivity index (χ1) is 13.5. The molecular formula is C21H25NO6. The van der Waals surface area contributed by atoms with E-state index in [1.54, 1.807) is 36.4 Å². The fourth-order valence-corrected chi connectivity index (χ4v) is 2.38. The number of methoxy groups -OCH3 is 1. The van der Waals surface area contributed by atoms with Gasteiger partial charge >= 0.3 is 5.97 Å². The van der Waals surface area contributed by atoms with Crippen molar-refractivity contribution in [3.8, 4) is 17.2 Å². The number of ether oxygens (including phenoxy) is 4. The molecule has 2 aromatic rings. The Hall–Kier alpha value is -3.22. The number of hydrogen-bond donors (Lipinski definition) is 1. The molecule has 150 valence electrons. The second-order valence-corrected chi connectivity index (χ2v) is 5.80. The smallest absolute Gasteiger partial charge is 0.310 e. The molecule has 7 heteroatoms. The van der Waals surface area contributed by atoms with Crippen LogP contribution in [0.3, 0.4) is 0 Å². The molecule has 0 aliphatic carbocycles. The van der Waals surface area contributed by atoms with Crippen LogP contribution in [-0.2, 0) is 14.3 Å². The van der Waals surface area contributed by atoms with Gasteiger partial charge in [0, 0.05) is 0 Å². The van der Waals surface area contributed by atoms with Crippen molar-refractivity contribution in [2.45, 2.75) is 26.4 Å². The third-order valence-corrected chi connectivity index (χ3v) is 3.76. The summed E-state index contributed by atoms with van der Waals surface area (Å²) in [6, 6.07) is 14.2. The SMILES string of the molecule is CCOc1ccccc1OCCC(=O)O[C@H](C)C(=O)Nc1ccccc1OC. The molecule has 0 unspecified atom stereocenters. The van der Waals surface area contributed by atoms with Crippen molar-refractivity contribution in [2.75, 3.05) is 25.6 Å². The lowest BCUT2D eigenvalue weighted by atomic mass is 10.2. The maximum atomic E-state index is 12.2. The summed E-state index contributed by atoms with van der Waals surface area (Å²) in [5.41, 5.74) is 0.508. The summed E-state index contributed by atoms with van der Waals surface area (Å²) in [5.74, 6) is 0.717. The van der Waals surface area contributed by atoms with Crippen molar-refractivity contribution in [1.29, 1.82) is 0 Å². The average molecular weight is 387 g/mol. The molecule has 0 aliphatic heterocycles. The molecule has 0 aromatic heterocycles. The van der Waals surface area contributed by atoms with Crippen LogP contribution >= 0.6 is 0 Å². The van der Waals surface area contributed by atoms with E-state index in [1.807, 2.05) is 19.1 Å². The van der Waals surface area contributed by atoms with Gasteiger partial charge in [0.15, 0.2) is 17.6 Å². The van der Waals surface area contributed by atoms with Gasteiger partial charge in [-0.25, -0.2) is 0 Å². The highest BCUT2D eigenvalue weighted by atomic mass is 16.6. The molecule has 7 nitrogen and oxygen atoms in total. The molecule has 0 heterocycles. The fourth-order valence-electron chi connectivity index (χ4n) is 2.38. The Labute approximate surface area is 164 Å². The summed E-state index contributed by atoms with van der Waals surface area (Å²) in [6.07, 6.45) is -0.944. The summed E-state index contributed by atoms with van der Waals surface area (Å²) >= 11 is 0. The summed E-state index contributed by atoms with van der Waals surface area (Å²) in [5, 5.41) is 2.68. The first-order valence-corrected chi connectivity index (χ1v) is 9.03. The molecule has 0 aliphatic rings. The fraction of sp³-hybridized carbons (Fsp3) is 0.333. The Kier molecular flexibility index (Phi) is 8.14. The van der Waals surface area contributed by atoms with Crippen LogP contribution in [0.25, 0.3) is 0 Å². The number of carbonyl (C=O) groups is 2. The Balaban J connectivity index is 1.80. The number of nitrogens with one attached hydrogen (secondary N) is 1. The maximum Gasteiger partial charge on any atom is 0.310 e. The summed E-state index contributed by atoms with van der Waals surface area (Å²) in [7, 11) is 1.51. The first-order valence-electron chi connectivity index (χ1n) is 9.03. The minimum atomic E-state index is -0.951. The lowest BCUT2D eigenvalue weighted by molar-refractivity contribution is -0.153. The molecule has 1 amide bonds. The van der Waals surface area contributed by atoms with E-state index in [0.717, 1.165) is 0 Å². The molecule has 0 bridgehead atoms. The van der Waals surface area contributed by atoms with E-state index in [9.17, 15) is 9.59 Å². The standard InChI is InChI=1S/C21H25NO6/c1-4-26-18-11-7-8-12-19(18)27-14-13-20(23)28-15(2)21(24)22-16-9-5-6-10-17(16)25-3/h5-12,15H,4,13-14H2,1-3H3,(H,22,24)/t15-/m1/s1. The average Bonchev–Trinajstić information content (AvgIpc) is 2.69. The van der Waals surface area contributed by atoms with Crippen molar-refractivity contribution < 1.29 is 28.5 Å². The topological polar surface area (TPSA) is 83.1 Å². The van der Waals surface area contributed by atoms with Crippen LogP contribution in [0.4, 0.5) is 5.69 Å². The summed E-state index contributed by atoms with van der Waals surface area (Å²) in [6.45, 7) is 4.02. The van der Waals surface area contributed by atoms with Crippen LogP contribution in [0.1, 0.15) is 20.3 Å². The Morgan fingerprint density at radius 1 is 0.964 bits per heavy atom. The van der Waals surface area contributed by atoms with E-state index >= 15 is 0 Å². The van der Waals surface area contributed by atoms with Crippen LogP contribution in [0.15, 0.2) is 48.5 Å². The van der Waals surface area contributed by atoms with Gasteiger partial charge in [-0.3, -0.25) is 9.59 Å². The highest BCUT2D eigenvalue weighted by molar-refractivity contribution is 5.96. The van der Waals surface area contributed by atoms with Gasteiger partial charge in [-0.1, -0.05) is 24.3 Å². The minimum Gasteiger partial charge on any atom is -0.495 e. The van der Waals surface area contributed by atoms with Crippen molar-refractivity contribution >= 4 is 17.6 Å². The van der Waals surface area contributed by atoms with Gasteiger partial charge in [-0.05, 0) is 38.1 Å². The van der Waals surface area contributed by atoms with Crippen molar-refractivity contribution in [1.82, 2.24) is 0 Å². The lowest BCUT2D eigenvalue weighted by Gasteiger charge is -2.15. The number of esters is 1. The zero-order chi connectivity index (χ0) is 20.4. The molecule has 0 spiro atoms. The number of hydrogen-bond acceptors (Lipinski definition) is 6. The Morgan fingerprint density at radius 2 is 1.57 bits per heavy atom. The lowest BCUT2D eigenvalue weighted by Crippen LogP contribution is -2.30. The van der Waals surface area contributed by atoms with Crippen LogP contribution in [0.2, 0.25) is 0 Å². The summed E-state index contributed by atoms with van der Waals surface area (Å²) in [4.78, 5) is 24.2. The second-order valence-electron chi connectivity index (χ2n) is 5.80. The third-order valence-electron chi connectivity index (χ3n) is 3.76. The largest absolute Gasteiger partial charge is 0.495 e. The zero-order valence-corrected chi connectivity index (χ0v) is 16.3. The molecular weight excluding hydrogens is 362 g/mol. The predicted molar refractivity (Wildman–Crippen MR) is 105 cm³/mol. The normalized spacial score (nSPS) is 11.2.